The first-order valence-corrected chi connectivity index (χ1v) is 6.38. The van der Waals surface area contributed by atoms with Gasteiger partial charge in [0.25, 0.3) is 0 Å². The summed E-state index contributed by atoms with van der Waals surface area (Å²) >= 11 is 1.75. The van der Waals surface area contributed by atoms with E-state index < -0.39 is 0 Å². The average Bonchev–Trinajstić information content (AvgIpc) is 2.73. The molecule has 3 nitrogen and oxygen atoms in total. The third kappa shape index (κ3) is 1.79. The topological polar surface area (TPSA) is 48.1 Å². The number of nitrogens with zero attached hydrogens (tertiary/aromatic N) is 1. The smallest absolute Gasteiger partial charge is 0.0992 e. The summed E-state index contributed by atoms with van der Waals surface area (Å²) in [6, 6.07) is 5.90. The molecule has 4 heteroatoms. The lowest BCUT2D eigenvalue weighted by Gasteiger charge is -2.19. The number of nitrogens with two attached hydrogens (primary N) is 1. The molecule has 1 unspecified atom stereocenters. The van der Waals surface area contributed by atoms with Gasteiger partial charge in [-0.1, -0.05) is 0 Å². The molecule has 1 aliphatic rings. The number of nitrogen functional groups attached to an aromatic ring is 1. The second kappa shape index (κ2) is 4.03. The number of fused-ring (bicyclic) bond motifs is 1. The van der Waals surface area contributed by atoms with Crippen LogP contribution in [0.3, 0.4) is 0 Å². The number of hydrogen-bond acceptors (Lipinski definition) is 4. The standard InChI is InChI=1S/C12H14N2OS/c13-9-3-4-10-11(6-9)16-12(14-10)8-2-1-5-15-7-8/h3-4,6,8H,1-2,5,7,13H2. The zero-order chi connectivity index (χ0) is 11.0. The van der Waals surface area contributed by atoms with E-state index in [1.54, 1.807) is 11.3 Å². The highest BCUT2D eigenvalue weighted by Crippen LogP contribution is 2.32. The second-order valence-corrected chi connectivity index (χ2v) is 5.26. The van der Waals surface area contributed by atoms with Crippen LogP contribution in [0.5, 0.6) is 0 Å². The van der Waals surface area contributed by atoms with E-state index in [1.807, 2.05) is 18.2 Å². The van der Waals surface area contributed by atoms with Crippen LogP contribution in [-0.2, 0) is 4.74 Å². The predicted octanol–water partition coefficient (Wildman–Crippen LogP) is 2.77. The van der Waals surface area contributed by atoms with Crippen molar-refractivity contribution >= 4 is 27.2 Å². The molecule has 84 valence electrons. The Morgan fingerprint density at radius 1 is 1.44 bits per heavy atom. The first kappa shape index (κ1) is 10.1. The highest BCUT2D eigenvalue weighted by atomic mass is 32.1. The summed E-state index contributed by atoms with van der Waals surface area (Å²) in [6.07, 6.45) is 2.33. The van der Waals surface area contributed by atoms with Gasteiger partial charge in [0.2, 0.25) is 0 Å². The Bertz CT molecular complexity index is 503. The van der Waals surface area contributed by atoms with Crippen LogP contribution >= 0.6 is 11.3 Å². The largest absolute Gasteiger partial charge is 0.399 e. The maximum absolute atomic E-state index is 5.77. The number of ether oxygens (including phenoxy) is 1. The van der Waals surface area contributed by atoms with Crippen LogP contribution in [0.4, 0.5) is 5.69 Å². The van der Waals surface area contributed by atoms with Gasteiger partial charge in [-0.15, -0.1) is 11.3 Å². The Morgan fingerprint density at radius 3 is 3.19 bits per heavy atom. The molecule has 0 spiro atoms. The van der Waals surface area contributed by atoms with Gasteiger partial charge in [-0.3, -0.25) is 0 Å². The number of anilines is 1. The molecule has 1 fully saturated rings. The maximum atomic E-state index is 5.77. The Kier molecular flexibility index (Phi) is 2.53. The number of benzene rings is 1. The highest BCUT2D eigenvalue weighted by molar-refractivity contribution is 7.18. The minimum atomic E-state index is 0.479. The second-order valence-electron chi connectivity index (χ2n) is 4.19. The van der Waals surface area contributed by atoms with Crippen LogP contribution in [0, 0.1) is 0 Å². The van der Waals surface area contributed by atoms with Crippen LogP contribution in [-0.4, -0.2) is 18.2 Å². The molecule has 2 N–H and O–H groups in total. The molecule has 1 aromatic heterocycles. The zero-order valence-corrected chi connectivity index (χ0v) is 9.80. The van der Waals surface area contributed by atoms with Gasteiger partial charge in [-0.05, 0) is 31.0 Å². The van der Waals surface area contributed by atoms with Crippen molar-refractivity contribution in [3.05, 3.63) is 23.2 Å². The SMILES string of the molecule is Nc1ccc2nc(C3CCCOC3)sc2c1. The molecule has 1 aliphatic heterocycles. The van der Waals surface area contributed by atoms with Crippen molar-refractivity contribution < 1.29 is 4.74 Å². The average molecular weight is 234 g/mol. The molecule has 0 aliphatic carbocycles. The molecule has 1 aromatic carbocycles. The van der Waals surface area contributed by atoms with Gasteiger partial charge < -0.3 is 10.5 Å². The van der Waals surface area contributed by atoms with Crippen LogP contribution in [0.25, 0.3) is 10.2 Å². The summed E-state index contributed by atoms with van der Waals surface area (Å²) in [5, 5.41) is 1.19. The van der Waals surface area contributed by atoms with Crippen molar-refractivity contribution in [1.82, 2.24) is 4.98 Å². The zero-order valence-electron chi connectivity index (χ0n) is 8.98. The van der Waals surface area contributed by atoms with Crippen LogP contribution in [0.2, 0.25) is 0 Å². The Hall–Kier alpha value is -1.13. The van der Waals surface area contributed by atoms with Crippen LogP contribution in [0.15, 0.2) is 18.2 Å². The van der Waals surface area contributed by atoms with Crippen molar-refractivity contribution in [2.24, 2.45) is 0 Å². The van der Waals surface area contributed by atoms with Gasteiger partial charge in [0, 0.05) is 18.2 Å². The third-order valence-corrected chi connectivity index (χ3v) is 4.12. The van der Waals surface area contributed by atoms with Gasteiger partial charge in [0.1, 0.15) is 0 Å². The van der Waals surface area contributed by atoms with E-state index in [4.69, 9.17) is 10.5 Å². The molecule has 1 atom stereocenters. The molecule has 2 heterocycles. The molecule has 0 bridgehead atoms. The summed E-state index contributed by atoms with van der Waals surface area (Å²) in [4.78, 5) is 4.66. The van der Waals surface area contributed by atoms with Crippen molar-refractivity contribution in [2.45, 2.75) is 18.8 Å². The fourth-order valence-electron chi connectivity index (χ4n) is 2.07. The van der Waals surface area contributed by atoms with Crippen molar-refractivity contribution in [2.75, 3.05) is 18.9 Å². The summed E-state index contributed by atoms with van der Waals surface area (Å²) in [5.41, 5.74) is 7.63. The Labute approximate surface area is 98.2 Å². The molecule has 1 saturated heterocycles. The minimum absolute atomic E-state index is 0.479. The molecular weight excluding hydrogens is 220 g/mol. The monoisotopic (exact) mass is 234 g/mol. The lowest BCUT2D eigenvalue weighted by molar-refractivity contribution is 0.0804. The van der Waals surface area contributed by atoms with E-state index in [-0.39, 0.29) is 0 Å². The quantitative estimate of drug-likeness (QED) is 0.772. The highest BCUT2D eigenvalue weighted by Gasteiger charge is 2.19. The van der Waals surface area contributed by atoms with Crippen molar-refractivity contribution in [3.63, 3.8) is 0 Å². The van der Waals surface area contributed by atoms with E-state index >= 15 is 0 Å². The molecule has 3 rings (SSSR count). The van der Waals surface area contributed by atoms with Gasteiger partial charge in [-0.2, -0.15) is 0 Å². The van der Waals surface area contributed by atoms with Crippen molar-refractivity contribution in [1.29, 1.82) is 0 Å². The molecule has 0 radical (unpaired) electrons. The summed E-state index contributed by atoms with van der Waals surface area (Å²) in [7, 11) is 0. The first-order valence-electron chi connectivity index (χ1n) is 5.56. The van der Waals surface area contributed by atoms with E-state index in [1.165, 1.54) is 16.1 Å². The van der Waals surface area contributed by atoms with Gasteiger partial charge in [0.15, 0.2) is 0 Å². The third-order valence-electron chi connectivity index (χ3n) is 2.94. The number of hydrogen-bond donors (Lipinski definition) is 1. The molecular formula is C12H14N2OS. The van der Waals surface area contributed by atoms with Crippen molar-refractivity contribution in [3.8, 4) is 0 Å². The van der Waals surface area contributed by atoms with Gasteiger partial charge >= 0.3 is 0 Å². The fraction of sp³-hybridized carbons (Fsp3) is 0.417. The van der Waals surface area contributed by atoms with E-state index in [2.05, 4.69) is 4.98 Å². The summed E-state index contributed by atoms with van der Waals surface area (Å²) in [6.45, 7) is 1.71. The van der Waals surface area contributed by atoms with Gasteiger partial charge in [0.05, 0.1) is 21.8 Å². The van der Waals surface area contributed by atoms with E-state index in [0.29, 0.717) is 5.92 Å². The molecule has 16 heavy (non-hydrogen) atoms. The molecule has 0 saturated carbocycles. The Balaban J connectivity index is 1.97. The summed E-state index contributed by atoms with van der Waals surface area (Å²) < 4.78 is 6.68. The lowest BCUT2D eigenvalue weighted by Crippen LogP contribution is -2.15. The number of aromatic nitrogens is 1. The predicted molar refractivity (Wildman–Crippen MR) is 66.8 cm³/mol. The van der Waals surface area contributed by atoms with Crippen LogP contribution < -0.4 is 5.73 Å². The van der Waals surface area contributed by atoms with Gasteiger partial charge in [-0.25, -0.2) is 4.98 Å². The maximum Gasteiger partial charge on any atom is 0.0992 e. The molecule has 0 amide bonds. The van der Waals surface area contributed by atoms with Crippen LogP contribution in [0.1, 0.15) is 23.8 Å². The number of thiazole rings is 1. The number of rotatable bonds is 1. The van der Waals surface area contributed by atoms with E-state index in [9.17, 15) is 0 Å². The normalized spacial score (nSPS) is 21.4. The molecule has 2 aromatic rings. The first-order chi connectivity index (χ1) is 7.83. The lowest BCUT2D eigenvalue weighted by atomic mass is 10.0. The summed E-state index contributed by atoms with van der Waals surface area (Å²) in [5.74, 6) is 0.479. The fourth-order valence-corrected chi connectivity index (χ4v) is 3.20. The Morgan fingerprint density at radius 2 is 2.38 bits per heavy atom. The van der Waals surface area contributed by atoms with E-state index in [0.717, 1.165) is 30.8 Å². The minimum Gasteiger partial charge on any atom is -0.399 e.